The van der Waals surface area contributed by atoms with Crippen molar-refractivity contribution >= 4 is 17.7 Å². The maximum atomic E-state index is 4.21. The normalized spacial score (nSPS) is 13.2. The topological polar surface area (TPSA) is 36.4 Å². The maximum Gasteiger partial charge on any atom is 0.191 e. The van der Waals surface area contributed by atoms with Gasteiger partial charge in [-0.3, -0.25) is 4.99 Å². The van der Waals surface area contributed by atoms with E-state index in [1.165, 1.54) is 5.56 Å². The molecular formula is C14H23N3S. The fourth-order valence-corrected chi connectivity index (χ4v) is 1.76. The standard InChI is InChI=1S/C14H23N3S/c1-12(18-3)11-17-14(15-2)16-10-9-13-7-5-4-6-8-13/h4-8,12H,9-11H2,1-3H3,(H2,15,16,17). The van der Waals surface area contributed by atoms with E-state index in [1.807, 2.05) is 24.9 Å². The van der Waals surface area contributed by atoms with E-state index in [1.54, 1.807) is 0 Å². The molecule has 0 amide bonds. The average Bonchev–Trinajstić information content (AvgIpc) is 2.43. The van der Waals surface area contributed by atoms with Crippen molar-refractivity contribution in [2.24, 2.45) is 4.99 Å². The first kappa shape index (κ1) is 14.9. The van der Waals surface area contributed by atoms with E-state index in [2.05, 4.69) is 53.1 Å². The highest BCUT2D eigenvalue weighted by molar-refractivity contribution is 7.99. The molecule has 0 saturated heterocycles. The summed E-state index contributed by atoms with van der Waals surface area (Å²) in [5.74, 6) is 0.881. The monoisotopic (exact) mass is 265 g/mol. The van der Waals surface area contributed by atoms with Gasteiger partial charge in [-0.2, -0.15) is 11.8 Å². The van der Waals surface area contributed by atoms with Crippen LogP contribution in [0.3, 0.4) is 0 Å². The molecule has 0 aromatic heterocycles. The van der Waals surface area contributed by atoms with Gasteiger partial charge in [0.25, 0.3) is 0 Å². The van der Waals surface area contributed by atoms with Crippen molar-refractivity contribution in [1.29, 1.82) is 0 Å². The van der Waals surface area contributed by atoms with Gasteiger partial charge >= 0.3 is 0 Å². The van der Waals surface area contributed by atoms with Crippen LogP contribution in [0.15, 0.2) is 35.3 Å². The highest BCUT2D eigenvalue weighted by atomic mass is 32.2. The summed E-state index contributed by atoms with van der Waals surface area (Å²) in [6, 6.07) is 10.5. The fourth-order valence-electron chi connectivity index (χ4n) is 1.51. The molecule has 100 valence electrons. The first-order chi connectivity index (χ1) is 8.76. The molecule has 4 heteroatoms. The highest BCUT2D eigenvalue weighted by Gasteiger charge is 2.01. The molecule has 18 heavy (non-hydrogen) atoms. The molecule has 3 nitrogen and oxygen atoms in total. The predicted octanol–water partition coefficient (Wildman–Crippen LogP) is 2.15. The predicted molar refractivity (Wildman–Crippen MR) is 82.5 cm³/mol. The average molecular weight is 265 g/mol. The largest absolute Gasteiger partial charge is 0.356 e. The summed E-state index contributed by atoms with van der Waals surface area (Å²) in [6.45, 7) is 4.04. The lowest BCUT2D eigenvalue weighted by Gasteiger charge is -2.14. The number of hydrogen-bond donors (Lipinski definition) is 2. The minimum atomic E-state index is 0.595. The smallest absolute Gasteiger partial charge is 0.191 e. The van der Waals surface area contributed by atoms with Gasteiger partial charge in [0.1, 0.15) is 0 Å². The third-order valence-corrected chi connectivity index (χ3v) is 3.70. The molecule has 0 aliphatic rings. The quantitative estimate of drug-likeness (QED) is 0.611. The third kappa shape index (κ3) is 5.96. The van der Waals surface area contributed by atoms with Crippen LogP contribution >= 0.6 is 11.8 Å². The number of nitrogens with one attached hydrogen (secondary N) is 2. The van der Waals surface area contributed by atoms with E-state index in [4.69, 9.17) is 0 Å². The molecule has 0 saturated carbocycles. The van der Waals surface area contributed by atoms with Crippen LogP contribution in [0.1, 0.15) is 12.5 Å². The number of hydrogen-bond acceptors (Lipinski definition) is 2. The van der Waals surface area contributed by atoms with Crippen molar-refractivity contribution in [2.45, 2.75) is 18.6 Å². The summed E-state index contributed by atoms with van der Waals surface area (Å²) in [5.41, 5.74) is 1.35. The van der Waals surface area contributed by atoms with E-state index in [9.17, 15) is 0 Å². The Morgan fingerprint density at radius 1 is 1.28 bits per heavy atom. The number of guanidine groups is 1. The van der Waals surface area contributed by atoms with Crippen LogP contribution in [0.2, 0.25) is 0 Å². The van der Waals surface area contributed by atoms with Gasteiger partial charge in [-0.1, -0.05) is 37.3 Å². The van der Waals surface area contributed by atoms with Gasteiger partial charge in [0.05, 0.1) is 0 Å². The molecule has 0 aliphatic heterocycles. The van der Waals surface area contributed by atoms with Gasteiger partial charge in [-0.25, -0.2) is 0 Å². The molecule has 0 aliphatic carbocycles. The molecule has 0 fully saturated rings. The number of benzene rings is 1. The van der Waals surface area contributed by atoms with Crippen LogP contribution in [0.25, 0.3) is 0 Å². The molecule has 1 atom stereocenters. The van der Waals surface area contributed by atoms with E-state index >= 15 is 0 Å². The Morgan fingerprint density at radius 3 is 2.61 bits per heavy atom. The lowest BCUT2D eigenvalue weighted by atomic mass is 10.1. The molecule has 1 unspecified atom stereocenters. The molecule has 0 heterocycles. The molecule has 1 aromatic carbocycles. The Morgan fingerprint density at radius 2 is 2.00 bits per heavy atom. The summed E-state index contributed by atoms with van der Waals surface area (Å²) < 4.78 is 0. The van der Waals surface area contributed by atoms with Crippen molar-refractivity contribution in [2.75, 3.05) is 26.4 Å². The molecule has 1 rings (SSSR count). The Labute approximate surface area is 114 Å². The number of rotatable bonds is 6. The van der Waals surface area contributed by atoms with Crippen LogP contribution in [-0.2, 0) is 6.42 Å². The van der Waals surface area contributed by atoms with Crippen LogP contribution < -0.4 is 10.6 Å². The van der Waals surface area contributed by atoms with E-state index in [0.29, 0.717) is 5.25 Å². The van der Waals surface area contributed by atoms with Crippen LogP contribution in [-0.4, -0.2) is 37.6 Å². The summed E-state index contributed by atoms with van der Waals surface area (Å²) in [5, 5.41) is 7.25. The van der Waals surface area contributed by atoms with E-state index < -0.39 is 0 Å². The fraction of sp³-hybridized carbons (Fsp3) is 0.500. The molecule has 2 N–H and O–H groups in total. The number of nitrogens with zero attached hydrogens (tertiary/aromatic N) is 1. The van der Waals surface area contributed by atoms with E-state index in [0.717, 1.165) is 25.5 Å². The number of aliphatic imine (C=N–C) groups is 1. The van der Waals surface area contributed by atoms with Crippen molar-refractivity contribution in [3.05, 3.63) is 35.9 Å². The second-order valence-corrected chi connectivity index (χ2v) is 5.44. The Hall–Kier alpha value is -1.16. The SMILES string of the molecule is CN=C(NCCc1ccccc1)NCC(C)SC. The first-order valence-corrected chi connectivity index (χ1v) is 7.56. The number of thioether (sulfide) groups is 1. The van der Waals surface area contributed by atoms with Crippen molar-refractivity contribution in [1.82, 2.24) is 10.6 Å². The highest BCUT2D eigenvalue weighted by Crippen LogP contribution is 2.02. The second kappa shape index (κ2) is 8.86. The van der Waals surface area contributed by atoms with Crippen molar-refractivity contribution in [3.8, 4) is 0 Å². The lowest BCUT2D eigenvalue weighted by Crippen LogP contribution is -2.40. The first-order valence-electron chi connectivity index (χ1n) is 6.27. The summed E-state index contributed by atoms with van der Waals surface area (Å²) in [4.78, 5) is 4.21. The Kier molecular flexibility index (Phi) is 7.34. The van der Waals surface area contributed by atoms with Crippen LogP contribution in [0.4, 0.5) is 0 Å². The lowest BCUT2D eigenvalue weighted by molar-refractivity contribution is 0.781. The molecule has 0 bridgehead atoms. The van der Waals surface area contributed by atoms with Crippen LogP contribution in [0.5, 0.6) is 0 Å². The second-order valence-electron chi connectivity index (χ2n) is 4.16. The molecular weight excluding hydrogens is 242 g/mol. The summed E-state index contributed by atoms with van der Waals surface area (Å²) in [7, 11) is 1.81. The minimum Gasteiger partial charge on any atom is -0.356 e. The Balaban J connectivity index is 2.24. The van der Waals surface area contributed by atoms with Crippen molar-refractivity contribution in [3.63, 3.8) is 0 Å². The van der Waals surface area contributed by atoms with Gasteiger partial charge in [-0.05, 0) is 18.2 Å². The zero-order valence-electron chi connectivity index (χ0n) is 11.4. The Bertz CT molecular complexity index is 351. The molecule has 0 spiro atoms. The third-order valence-electron chi connectivity index (χ3n) is 2.73. The van der Waals surface area contributed by atoms with Gasteiger partial charge in [0.2, 0.25) is 0 Å². The van der Waals surface area contributed by atoms with E-state index in [-0.39, 0.29) is 0 Å². The van der Waals surface area contributed by atoms with Gasteiger partial charge in [0, 0.05) is 25.4 Å². The maximum absolute atomic E-state index is 4.21. The zero-order valence-corrected chi connectivity index (χ0v) is 12.3. The minimum absolute atomic E-state index is 0.595. The summed E-state index contributed by atoms with van der Waals surface area (Å²) >= 11 is 1.85. The summed E-state index contributed by atoms with van der Waals surface area (Å²) in [6.07, 6.45) is 3.14. The van der Waals surface area contributed by atoms with Gasteiger partial charge in [0.15, 0.2) is 5.96 Å². The molecule has 1 aromatic rings. The molecule has 0 radical (unpaired) electrons. The van der Waals surface area contributed by atoms with Gasteiger partial charge in [-0.15, -0.1) is 0 Å². The van der Waals surface area contributed by atoms with Crippen LogP contribution in [0, 0.1) is 0 Å². The van der Waals surface area contributed by atoms with Crippen molar-refractivity contribution < 1.29 is 0 Å². The zero-order chi connectivity index (χ0) is 13.2. The van der Waals surface area contributed by atoms with Gasteiger partial charge < -0.3 is 10.6 Å².